The van der Waals surface area contributed by atoms with E-state index in [1.165, 1.54) is 6.33 Å². The molecule has 2 N–H and O–H groups in total. The molecule has 0 saturated carbocycles. The summed E-state index contributed by atoms with van der Waals surface area (Å²) < 4.78 is 0. The van der Waals surface area contributed by atoms with Crippen LogP contribution >= 0.6 is 0 Å². The van der Waals surface area contributed by atoms with Gasteiger partial charge < -0.3 is 10.4 Å². The van der Waals surface area contributed by atoms with Crippen LogP contribution in [0.1, 0.15) is 24.2 Å². The standard InChI is InChI=1S/C13H15N3O/c1-10(17)12-4-2-3-5-13(12)16-8-11-6-14-9-15-7-11/h2-7,9-10,16-17H,8H2,1H3. The Kier molecular flexibility index (Phi) is 3.67. The van der Waals surface area contributed by atoms with E-state index >= 15 is 0 Å². The second kappa shape index (κ2) is 5.41. The van der Waals surface area contributed by atoms with Gasteiger partial charge >= 0.3 is 0 Å². The Morgan fingerprint density at radius 1 is 1.24 bits per heavy atom. The minimum Gasteiger partial charge on any atom is -0.389 e. The highest BCUT2D eigenvalue weighted by Crippen LogP contribution is 2.22. The molecule has 4 heteroatoms. The van der Waals surface area contributed by atoms with Crippen molar-refractivity contribution in [1.82, 2.24) is 9.97 Å². The van der Waals surface area contributed by atoms with E-state index in [4.69, 9.17) is 0 Å². The van der Waals surface area contributed by atoms with Crippen LogP contribution in [0.15, 0.2) is 43.0 Å². The zero-order valence-electron chi connectivity index (χ0n) is 9.67. The van der Waals surface area contributed by atoms with Crippen molar-refractivity contribution in [1.29, 1.82) is 0 Å². The quantitative estimate of drug-likeness (QED) is 0.843. The molecule has 2 rings (SSSR count). The second-order valence-electron chi connectivity index (χ2n) is 3.86. The van der Waals surface area contributed by atoms with Gasteiger partial charge in [0.1, 0.15) is 6.33 Å². The van der Waals surface area contributed by atoms with Crippen LogP contribution in [0.3, 0.4) is 0 Å². The number of nitrogens with zero attached hydrogens (tertiary/aromatic N) is 2. The molecule has 88 valence electrons. The third kappa shape index (κ3) is 3.01. The van der Waals surface area contributed by atoms with Crippen molar-refractivity contribution in [2.45, 2.75) is 19.6 Å². The number of anilines is 1. The molecule has 0 aliphatic carbocycles. The van der Waals surface area contributed by atoms with Gasteiger partial charge in [-0.15, -0.1) is 0 Å². The SMILES string of the molecule is CC(O)c1ccccc1NCc1cncnc1. The molecule has 0 amide bonds. The lowest BCUT2D eigenvalue weighted by Crippen LogP contribution is -2.04. The van der Waals surface area contributed by atoms with Crippen molar-refractivity contribution in [2.75, 3.05) is 5.32 Å². The van der Waals surface area contributed by atoms with Gasteiger partial charge in [-0.25, -0.2) is 9.97 Å². The third-order valence-electron chi connectivity index (χ3n) is 2.51. The van der Waals surface area contributed by atoms with E-state index in [-0.39, 0.29) is 0 Å². The fourth-order valence-corrected chi connectivity index (χ4v) is 1.64. The minimum atomic E-state index is -0.481. The van der Waals surface area contributed by atoms with Gasteiger partial charge in [0.05, 0.1) is 6.10 Å². The van der Waals surface area contributed by atoms with Crippen LogP contribution in [0.2, 0.25) is 0 Å². The van der Waals surface area contributed by atoms with Crippen LogP contribution in [0.5, 0.6) is 0 Å². The summed E-state index contributed by atoms with van der Waals surface area (Å²) in [5, 5.41) is 12.9. The average molecular weight is 229 g/mol. The number of hydrogen-bond acceptors (Lipinski definition) is 4. The minimum absolute atomic E-state index is 0.481. The van der Waals surface area contributed by atoms with Gasteiger partial charge in [-0.05, 0) is 13.0 Å². The van der Waals surface area contributed by atoms with Gasteiger partial charge in [-0.2, -0.15) is 0 Å². The topological polar surface area (TPSA) is 58.0 Å². The van der Waals surface area contributed by atoms with E-state index < -0.39 is 6.10 Å². The molecule has 1 unspecified atom stereocenters. The number of nitrogens with one attached hydrogen (secondary N) is 1. The van der Waals surface area contributed by atoms with Gasteiger partial charge in [0.25, 0.3) is 0 Å². The molecular formula is C13H15N3O. The predicted molar refractivity (Wildman–Crippen MR) is 66.4 cm³/mol. The van der Waals surface area contributed by atoms with Gasteiger partial charge in [0.2, 0.25) is 0 Å². The summed E-state index contributed by atoms with van der Waals surface area (Å²) >= 11 is 0. The molecule has 17 heavy (non-hydrogen) atoms. The van der Waals surface area contributed by atoms with E-state index in [1.54, 1.807) is 19.3 Å². The molecule has 1 heterocycles. The highest BCUT2D eigenvalue weighted by Gasteiger charge is 2.06. The Bertz CT molecular complexity index is 471. The smallest absolute Gasteiger partial charge is 0.115 e. The highest BCUT2D eigenvalue weighted by atomic mass is 16.3. The van der Waals surface area contributed by atoms with Gasteiger partial charge in [0, 0.05) is 35.8 Å². The number of benzene rings is 1. The first-order valence-electron chi connectivity index (χ1n) is 5.52. The molecule has 4 nitrogen and oxygen atoms in total. The molecule has 0 radical (unpaired) electrons. The summed E-state index contributed by atoms with van der Waals surface area (Å²) in [7, 11) is 0. The van der Waals surface area contributed by atoms with E-state index in [0.29, 0.717) is 6.54 Å². The Balaban J connectivity index is 2.09. The zero-order chi connectivity index (χ0) is 12.1. The van der Waals surface area contributed by atoms with Crippen molar-refractivity contribution >= 4 is 5.69 Å². The molecule has 1 aromatic carbocycles. The molecule has 1 aromatic heterocycles. The number of para-hydroxylation sites is 1. The predicted octanol–water partition coefficient (Wildman–Crippen LogP) is 2.14. The zero-order valence-corrected chi connectivity index (χ0v) is 9.67. The Morgan fingerprint density at radius 3 is 2.65 bits per heavy atom. The first kappa shape index (κ1) is 11.5. The van der Waals surface area contributed by atoms with Crippen LogP contribution in [-0.2, 0) is 6.54 Å². The number of hydrogen-bond donors (Lipinski definition) is 2. The lowest BCUT2D eigenvalue weighted by atomic mass is 10.1. The molecule has 2 aromatic rings. The molecule has 0 aliphatic heterocycles. The average Bonchev–Trinajstić information content (AvgIpc) is 2.38. The molecule has 1 atom stereocenters. The second-order valence-corrected chi connectivity index (χ2v) is 3.86. The number of aromatic nitrogens is 2. The molecule has 0 fully saturated rings. The summed E-state index contributed by atoms with van der Waals surface area (Å²) in [6.45, 7) is 2.40. The van der Waals surface area contributed by atoms with Gasteiger partial charge in [-0.3, -0.25) is 0 Å². The van der Waals surface area contributed by atoms with Crippen molar-refractivity contribution in [2.24, 2.45) is 0 Å². The van der Waals surface area contributed by atoms with Crippen LogP contribution in [0.4, 0.5) is 5.69 Å². The Hall–Kier alpha value is -1.94. The largest absolute Gasteiger partial charge is 0.389 e. The van der Waals surface area contributed by atoms with E-state index in [9.17, 15) is 5.11 Å². The first-order valence-corrected chi connectivity index (χ1v) is 5.52. The highest BCUT2D eigenvalue weighted by molar-refractivity contribution is 5.52. The number of aliphatic hydroxyl groups excluding tert-OH is 1. The van der Waals surface area contributed by atoms with Gasteiger partial charge in [0.15, 0.2) is 0 Å². The lowest BCUT2D eigenvalue weighted by molar-refractivity contribution is 0.200. The first-order chi connectivity index (χ1) is 8.27. The molecule has 0 spiro atoms. The van der Waals surface area contributed by atoms with E-state index in [0.717, 1.165) is 16.8 Å². The maximum atomic E-state index is 9.64. The van der Waals surface area contributed by atoms with Crippen molar-refractivity contribution < 1.29 is 5.11 Å². The van der Waals surface area contributed by atoms with Crippen LogP contribution in [0.25, 0.3) is 0 Å². The summed E-state index contributed by atoms with van der Waals surface area (Å²) in [4.78, 5) is 7.91. The Labute approximate surface area is 100 Å². The van der Waals surface area contributed by atoms with Crippen LogP contribution in [0, 0.1) is 0 Å². The van der Waals surface area contributed by atoms with Crippen molar-refractivity contribution in [3.05, 3.63) is 54.1 Å². The van der Waals surface area contributed by atoms with Gasteiger partial charge in [-0.1, -0.05) is 18.2 Å². The monoisotopic (exact) mass is 229 g/mol. The number of aliphatic hydroxyl groups is 1. The summed E-state index contributed by atoms with van der Waals surface area (Å²) in [6, 6.07) is 7.72. The fourth-order valence-electron chi connectivity index (χ4n) is 1.64. The Morgan fingerprint density at radius 2 is 1.94 bits per heavy atom. The lowest BCUT2D eigenvalue weighted by Gasteiger charge is -2.13. The molecule has 0 bridgehead atoms. The fraction of sp³-hybridized carbons (Fsp3) is 0.231. The number of rotatable bonds is 4. The molecule has 0 aliphatic rings. The summed E-state index contributed by atoms with van der Waals surface area (Å²) in [5.74, 6) is 0. The van der Waals surface area contributed by atoms with Crippen LogP contribution < -0.4 is 5.32 Å². The molecule has 0 saturated heterocycles. The third-order valence-corrected chi connectivity index (χ3v) is 2.51. The van der Waals surface area contributed by atoms with Crippen molar-refractivity contribution in [3.8, 4) is 0 Å². The maximum Gasteiger partial charge on any atom is 0.115 e. The van der Waals surface area contributed by atoms with E-state index in [1.807, 2.05) is 24.3 Å². The summed E-state index contributed by atoms with van der Waals surface area (Å²) in [5.41, 5.74) is 2.84. The van der Waals surface area contributed by atoms with Crippen LogP contribution in [-0.4, -0.2) is 15.1 Å². The van der Waals surface area contributed by atoms with E-state index in [2.05, 4.69) is 15.3 Å². The molecular weight excluding hydrogens is 214 g/mol. The normalized spacial score (nSPS) is 12.1. The van der Waals surface area contributed by atoms with Crippen molar-refractivity contribution in [3.63, 3.8) is 0 Å². The summed E-state index contributed by atoms with van der Waals surface area (Å²) in [6.07, 6.45) is 4.56. The maximum absolute atomic E-state index is 9.64.